The van der Waals surface area contributed by atoms with Crippen molar-refractivity contribution in [3.05, 3.63) is 35.4 Å². The zero-order chi connectivity index (χ0) is 14.2. The van der Waals surface area contributed by atoms with E-state index < -0.39 is 11.5 Å². The number of benzene rings is 1. The van der Waals surface area contributed by atoms with Crippen LogP contribution in [0.3, 0.4) is 0 Å². The Balaban J connectivity index is 1.79. The number of hydrogen-bond acceptors (Lipinski definition) is 2. The Morgan fingerprint density at radius 1 is 1.20 bits per heavy atom. The lowest BCUT2D eigenvalue weighted by Crippen LogP contribution is -2.53. The van der Waals surface area contributed by atoms with Crippen LogP contribution >= 0.6 is 0 Å². The summed E-state index contributed by atoms with van der Waals surface area (Å²) in [5.74, 6) is -1.21. The van der Waals surface area contributed by atoms with Crippen molar-refractivity contribution in [2.75, 3.05) is 0 Å². The minimum atomic E-state index is -1.03. The van der Waals surface area contributed by atoms with Gasteiger partial charge < -0.3 is 10.4 Å². The van der Waals surface area contributed by atoms with Gasteiger partial charge in [-0.05, 0) is 36.8 Å². The second kappa shape index (κ2) is 4.93. The molecule has 0 heterocycles. The van der Waals surface area contributed by atoms with Gasteiger partial charge in [0.25, 0.3) is 0 Å². The number of aryl methyl sites for hydroxylation is 1. The molecule has 2 N–H and O–H groups in total. The van der Waals surface area contributed by atoms with E-state index in [1.807, 2.05) is 24.3 Å². The average molecular weight is 273 g/mol. The predicted molar refractivity (Wildman–Crippen MR) is 74.5 cm³/mol. The molecule has 1 aromatic rings. The van der Waals surface area contributed by atoms with Crippen LogP contribution in [0, 0.1) is 0 Å². The first kappa shape index (κ1) is 13.2. The van der Waals surface area contributed by atoms with E-state index in [2.05, 4.69) is 5.32 Å². The van der Waals surface area contributed by atoms with Crippen LogP contribution in [0.1, 0.15) is 49.1 Å². The number of fused-ring (bicyclic) bond motifs is 1. The third-order valence-electron chi connectivity index (χ3n) is 4.68. The molecule has 2 aliphatic carbocycles. The van der Waals surface area contributed by atoms with Gasteiger partial charge in [-0.25, -0.2) is 4.79 Å². The van der Waals surface area contributed by atoms with Gasteiger partial charge in [0.2, 0.25) is 5.91 Å². The fourth-order valence-corrected chi connectivity index (χ4v) is 3.52. The molecule has 0 saturated heterocycles. The van der Waals surface area contributed by atoms with Crippen molar-refractivity contribution < 1.29 is 14.7 Å². The fourth-order valence-electron chi connectivity index (χ4n) is 3.52. The van der Waals surface area contributed by atoms with Crippen LogP contribution in [0.2, 0.25) is 0 Å². The second-order valence-corrected chi connectivity index (χ2v) is 5.87. The number of carboxylic acids is 1. The normalized spacial score (nSPS) is 23.3. The summed E-state index contributed by atoms with van der Waals surface area (Å²) in [6, 6.07) is 7.95. The molecular weight excluding hydrogens is 254 g/mol. The summed E-state index contributed by atoms with van der Waals surface area (Å²) in [5, 5.41) is 12.3. The smallest absolute Gasteiger partial charge is 0.329 e. The van der Waals surface area contributed by atoms with E-state index in [9.17, 15) is 14.7 Å². The molecule has 2 aliphatic rings. The van der Waals surface area contributed by atoms with E-state index in [1.165, 1.54) is 5.56 Å². The molecule has 3 rings (SSSR count). The number of carbonyl (C=O) groups is 2. The summed E-state index contributed by atoms with van der Waals surface area (Å²) in [4.78, 5) is 24.0. The highest BCUT2D eigenvalue weighted by molar-refractivity contribution is 5.91. The second-order valence-electron chi connectivity index (χ2n) is 5.87. The third kappa shape index (κ3) is 2.09. The summed E-state index contributed by atoms with van der Waals surface area (Å²) < 4.78 is 0. The molecule has 1 saturated carbocycles. The van der Waals surface area contributed by atoms with Gasteiger partial charge in [-0.15, -0.1) is 0 Å². The lowest BCUT2D eigenvalue weighted by atomic mass is 9.94. The minimum absolute atomic E-state index is 0.126. The third-order valence-corrected chi connectivity index (χ3v) is 4.68. The van der Waals surface area contributed by atoms with Crippen molar-refractivity contribution >= 4 is 11.9 Å². The molecule has 106 valence electrons. The monoisotopic (exact) mass is 273 g/mol. The Morgan fingerprint density at radius 2 is 1.90 bits per heavy atom. The molecule has 0 unspecified atom stereocenters. The van der Waals surface area contributed by atoms with Crippen molar-refractivity contribution in [1.82, 2.24) is 5.32 Å². The summed E-state index contributed by atoms with van der Waals surface area (Å²) in [6.45, 7) is 0. The highest BCUT2D eigenvalue weighted by atomic mass is 16.4. The quantitative estimate of drug-likeness (QED) is 0.887. The van der Waals surface area contributed by atoms with Gasteiger partial charge in [0.15, 0.2) is 0 Å². The van der Waals surface area contributed by atoms with Crippen molar-refractivity contribution in [2.45, 2.75) is 50.0 Å². The largest absolute Gasteiger partial charge is 0.480 e. The fraction of sp³-hybridized carbons (Fsp3) is 0.500. The zero-order valence-corrected chi connectivity index (χ0v) is 11.4. The molecular formula is C16H19NO3. The number of hydrogen-bond donors (Lipinski definition) is 2. The number of aliphatic carboxylic acids is 1. The molecule has 1 atom stereocenters. The molecule has 1 fully saturated rings. The predicted octanol–water partition coefficient (Wildman–Crippen LogP) is 2.23. The van der Waals surface area contributed by atoms with Crippen LogP contribution in [0.5, 0.6) is 0 Å². The number of rotatable bonds is 3. The Labute approximate surface area is 118 Å². The van der Waals surface area contributed by atoms with Gasteiger partial charge in [-0.2, -0.15) is 0 Å². The molecule has 0 radical (unpaired) electrons. The van der Waals surface area contributed by atoms with Crippen LogP contribution in [0.15, 0.2) is 24.3 Å². The number of carbonyl (C=O) groups excluding carboxylic acids is 1. The number of nitrogens with one attached hydrogen (secondary N) is 1. The molecule has 4 heteroatoms. The number of amides is 1. The molecule has 1 aromatic carbocycles. The van der Waals surface area contributed by atoms with E-state index in [-0.39, 0.29) is 11.8 Å². The Morgan fingerprint density at radius 3 is 2.60 bits per heavy atom. The zero-order valence-electron chi connectivity index (χ0n) is 11.4. The minimum Gasteiger partial charge on any atom is -0.480 e. The van der Waals surface area contributed by atoms with E-state index in [1.54, 1.807) is 0 Å². The van der Waals surface area contributed by atoms with Gasteiger partial charge in [-0.1, -0.05) is 37.1 Å². The van der Waals surface area contributed by atoms with E-state index >= 15 is 0 Å². The van der Waals surface area contributed by atoms with Gasteiger partial charge in [0, 0.05) is 0 Å². The summed E-state index contributed by atoms with van der Waals surface area (Å²) in [5.41, 5.74) is 1.24. The molecule has 1 amide bonds. The van der Waals surface area contributed by atoms with Crippen molar-refractivity contribution in [3.8, 4) is 0 Å². The molecule has 0 aromatic heterocycles. The summed E-state index contributed by atoms with van der Waals surface area (Å²) in [7, 11) is 0. The van der Waals surface area contributed by atoms with Crippen LogP contribution < -0.4 is 5.32 Å². The highest BCUT2D eigenvalue weighted by Gasteiger charge is 2.44. The first-order valence-corrected chi connectivity index (χ1v) is 7.26. The van der Waals surface area contributed by atoms with Crippen molar-refractivity contribution in [3.63, 3.8) is 0 Å². The molecule has 4 nitrogen and oxygen atoms in total. The molecule has 0 aliphatic heterocycles. The van der Waals surface area contributed by atoms with Gasteiger partial charge >= 0.3 is 5.97 Å². The van der Waals surface area contributed by atoms with Gasteiger partial charge in [0.1, 0.15) is 5.54 Å². The maximum Gasteiger partial charge on any atom is 0.329 e. The topological polar surface area (TPSA) is 66.4 Å². The number of carboxylic acid groups (broad SMARTS) is 1. The van der Waals surface area contributed by atoms with E-state index in [0.717, 1.165) is 31.2 Å². The highest BCUT2D eigenvalue weighted by Crippen LogP contribution is 2.35. The lowest BCUT2D eigenvalue weighted by Gasteiger charge is -2.27. The lowest BCUT2D eigenvalue weighted by molar-refractivity contribution is -0.147. The summed E-state index contributed by atoms with van der Waals surface area (Å²) >= 11 is 0. The Bertz CT molecular complexity index is 546. The molecule has 0 spiro atoms. The maximum atomic E-state index is 12.5. The van der Waals surface area contributed by atoms with Crippen molar-refractivity contribution in [1.29, 1.82) is 0 Å². The summed E-state index contributed by atoms with van der Waals surface area (Å²) in [6.07, 6.45) is 4.50. The Kier molecular flexibility index (Phi) is 3.24. The van der Waals surface area contributed by atoms with Crippen LogP contribution in [0.4, 0.5) is 0 Å². The maximum absolute atomic E-state index is 12.5. The first-order valence-electron chi connectivity index (χ1n) is 7.26. The van der Waals surface area contributed by atoms with E-state index in [0.29, 0.717) is 12.8 Å². The van der Waals surface area contributed by atoms with Gasteiger partial charge in [0.05, 0.1) is 5.92 Å². The standard InChI is InChI=1S/C16H19NO3/c18-14(17-16(15(19)20)9-3-4-10-16)13-8-7-11-5-1-2-6-12(11)13/h1-2,5-6,13H,3-4,7-10H2,(H,17,18)(H,19,20)/t13-/m1/s1. The van der Waals surface area contributed by atoms with Crippen molar-refractivity contribution in [2.24, 2.45) is 0 Å². The Hall–Kier alpha value is -1.84. The van der Waals surface area contributed by atoms with Crippen LogP contribution in [-0.2, 0) is 16.0 Å². The molecule has 0 bridgehead atoms. The van der Waals surface area contributed by atoms with E-state index in [4.69, 9.17) is 0 Å². The SMILES string of the molecule is O=C(NC1(C(=O)O)CCCC1)[C@@H]1CCc2ccccc21. The van der Waals surface area contributed by atoms with Crippen LogP contribution in [0.25, 0.3) is 0 Å². The average Bonchev–Trinajstić information content (AvgIpc) is 3.05. The molecule has 20 heavy (non-hydrogen) atoms. The van der Waals surface area contributed by atoms with Crippen LogP contribution in [-0.4, -0.2) is 22.5 Å². The first-order chi connectivity index (χ1) is 9.62. The van der Waals surface area contributed by atoms with Gasteiger partial charge in [-0.3, -0.25) is 4.79 Å².